The standard InChI is InChI=1S/C26H20F4N4O3S/c1-34-12-16(14-8-13(36-2)4-5-19(14)34)18-9-15-21(17(27)10-31-22(15)33-18)20-11-32-23(38-20)25(6-3-7-25)37-24(35)26(28,29)30/h4-5,8-12H,3,6-7H2,1-2H3,(H,31,33). The number of nitrogens with zero attached hydrogens (tertiary/aromatic N) is 3. The monoisotopic (exact) mass is 544 g/mol. The average molecular weight is 545 g/mol. The first-order valence-corrected chi connectivity index (χ1v) is 12.5. The van der Waals surface area contributed by atoms with Crippen LogP contribution in [0.4, 0.5) is 17.6 Å². The van der Waals surface area contributed by atoms with Gasteiger partial charge >= 0.3 is 12.1 Å². The number of benzene rings is 1. The third kappa shape index (κ3) is 3.82. The van der Waals surface area contributed by atoms with Crippen LogP contribution in [0, 0.1) is 5.82 Å². The fourth-order valence-corrected chi connectivity index (χ4v) is 6.01. The number of aromatic amines is 1. The van der Waals surface area contributed by atoms with Crippen molar-refractivity contribution in [2.45, 2.75) is 31.0 Å². The van der Waals surface area contributed by atoms with Crippen LogP contribution in [0.5, 0.6) is 5.75 Å². The van der Waals surface area contributed by atoms with E-state index in [1.807, 2.05) is 36.0 Å². The topological polar surface area (TPSA) is 82.0 Å². The number of thiazole rings is 1. The second-order valence-electron chi connectivity index (χ2n) is 9.23. The Bertz CT molecular complexity index is 1710. The molecule has 0 radical (unpaired) electrons. The first-order chi connectivity index (χ1) is 18.1. The number of aryl methyl sites for hydroxylation is 1. The minimum Gasteiger partial charge on any atom is -0.497 e. The molecule has 38 heavy (non-hydrogen) atoms. The smallest absolute Gasteiger partial charge is 0.490 e. The number of methoxy groups -OCH3 is 1. The van der Waals surface area contributed by atoms with Gasteiger partial charge in [0.15, 0.2) is 11.4 Å². The van der Waals surface area contributed by atoms with Crippen molar-refractivity contribution in [3.8, 4) is 27.4 Å². The molecule has 1 N–H and O–H groups in total. The summed E-state index contributed by atoms with van der Waals surface area (Å²) >= 11 is 1.01. The number of aromatic nitrogens is 4. The maximum Gasteiger partial charge on any atom is 0.490 e. The van der Waals surface area contributed by atoms with Gasteiger partial charge in [-0.05, 0) is 43.5 Å². The number of carbonyl (C=O) groups is 1. The van der Waals surface area contributed by atoms with Crippen LogP contribution >= 0.6 is 11.3 Å². The van der Waals surface area contributed by atoms with Crippen LogP contribution in [-0.4, -0.2) is 38.8 Å². The lowest BCUT2D eigenvalue weighted by atomic mass is 9.80. The fourth-order valence-electron chi connectivity index (χ4n) is 4.85. The Morgan fingerprint density at radius 3 is 2.63 bits per heavy atom. The number of nitrogens with one attached hydrogen (secondary N) is 1. The summed E-state index contributed by atoms with van der Waals surface area (Å²) in [5.41, 5.74) is 1.75. The molecule has 1 aliphatic rings. The van der Waals surface area contributed by atoms with Gasteiger partial charge < -0.3 is 19.0 Å². The van der Waals surface area contributed by atoms with Gasteiger partial charge in [-0.15, -0.1) is 11.3 Å². The van der Waals surface area contributed by atoms with Gasteiger partial charge in [0.25, 0.3) is 0 Å². The van der Waals surface area contributed by atoms with Crippen molar-refractivity contribution in [3.63, 3.8) is 0 Å². The highest BCUT2D eigenvalue weighted by atomic mass is 32.1. The van der Waals surface area contributed by atoms with Gasteiger partial charge in [0.2, 0.25) is 0 Å². The quantitative estimate of drug-likeness (QED) is 0.202. The number of alkyl halides is 3. The highest BCUT2D eigenvalue weighted by Gasteiger charge is 2.51. The number of fused-ring (bicyclic) bond motifs is 2. The van der Waals surface area contributed by atoms with E-state index in [9.17, 15) is 18.0 Å². The zero-order valence-electron chi connectivity index (χ0n) is 20.1. The molecule has 0 unspecified atom stereocenters. The molecule has 0 spiro atoms. The third-order valence-corrected chi connectivity index (χ3v) is 8.12. The molecule has 5 aromatic rings. The second kappa shape index (κ2) is 8.55. The van der Waals surface area contributed by atoms with Gasteiger partial charge in [0, 0.05) is 52.6 Å². The summed E-state index contributed by atoms with van der Waals surface area (Å²) in [6, 6.07) is 7.52. The lowest BCUT2D eigenvalue weighted by molar-refractivity contribution is -0.223. The number of pyridine rings is 1. The van der Waals surface area contributed by atoms with E-state index in [0.717, 1.165) is 34.0 Å². The fraction of sp³-hybridized carbons (Fsp3) is 0.269. The Hall–Kier alpha value is -3.93. The highest BCUT2D eigenvalue weighted by Crippen LogP contribution is 2.49. The summed E-state index contributed by atoms with van der Waals surface area (Å²) in [5, 5.41) is 1.63. The molecule has 0 aliphatic heterocycles. The highest BCUT2D eigenvalue weighted by molar-refractivity contribution is 7.15. The van der Waals surface area contributed by atoms with Crippen molar-refractivity contribution >= 4 is 39.2 Å². The molecular formula is C26H20F4N4O3S. The molecule has 0 saturated heterocycles. The normalized spacial score (nSPS) is 15.1. The van der Waals surface area contributed by atoms with Crippen molar-refractivity contribution < 1.29 is 31.8 Å². The Balaban J connectivity index is 1.43. The van der Waals surface area contributed by atoms with Crippen LogP contribution in [0.3, 0.4) is 0 Å². The lowest BCUT2D eigenvalue weighted by Crippen LogP contribution is -2.42. The molecule has 196 valence electrons. The number of rotatable bonds is 5. The molecule has 1 fully saturated rings. The first-order valence-electron chi connectivity index (χ1n) is 11.7. The lowest BCUT2D eigenvalue weighted by Gasteiger charge is -2.39. The Kier molecular flexibility index (Phi) is 5.49. The summed E-state index contributed by atoms with van der Waals surface area (Å²) < 4.78 is 66.0. The molecule has 12 heteroatoms. The van der Waals surface area contributed by atoms with E-state index in [4.69, 9.17) is 9.47 Å². The van der Waals surface area contributed by atoms with E-state index in [1.54, 1.807) is 13.2 Å². The summed E-state index contributed by atoms with van der Waals surface area (Å²) in [5.74, 6) is -2.17. The summed E-state index contributed by atoms with van der Waals surface area (Å²) in [6.45, 7) is 0. The zero-order chi connectivity index (χ0) is 26.8. The largest absolute Gasteiger partial charge is 0.497 e. The van der Waals surface area contributed by atoms with Crippen molar-refractivity contribution in [2.24, 2.45) is 7.05 Å². The minimum absolute atomic E-state index is 0.206. The molecule has 6 rings (SSSR count). The van der Waals surface area contributed by atoms with Gasteiger partial charge in [-0.3, -0.25) is 0 Å². The number of hydrogen-bond donors (Lipinski definition) is 1. The Labute approximate surface area is 217 Å². The van der Waals surface area contributed by atoms with Crippen molar-refractivity contribution in [3.05, 3.63) is 53.7 Å². The van der Waals surface area contributed by atoms with Crippen molar-refractivity contribution in [1.29, 1.82) is 0 Å². The van der Waals surface area contributed by atoms with Crippen LogP contribution in [-0.2, 0) is 22.2 Å². The minimum atomic E-state index is -5.11. The zero-order valence-corrected chi connectivity index (χ0v) is 21.0. The van der Waals surface area contributed by atoms with Crippen molar-refractivity contribution in [1.82, 2.24) is 19.5 Å². The van der Waals surface area contributed by atoms with Gasteiger partial charge in [0.05, 0.1) is 18.2 Å². The van der Waals surface area contributed by atoms with E-state index in [0.29, 0.717) is 33.8 Å². The summed E-state index contributed by atoms with van der Waals surface area (Å²) in [4.78, 5) is 23.7. The number of esters is 1. The van der Waals surface area contributed by atoms with Gasteiger partial charge in [-0.25, -0.2) is 19.2 Å². The SMILES string of the molecule is COc1ccc2c(c1)c(-c1cc3c(-c4cnc(C5(OC(=O)C(F)(F)F)CCC5)s4)c(F)cnc3[nH]1)cn2C. The third-order valence-electron chi connectivity index (χ3n) is 6.92. The molecule has 4 aromatic heterocycles. The van der Waals surface area contributed by atoms with Gasteiger partial charge in [0.1, 0.15) is 16.4 Å². The van der Waals surface area contributed by atoms with E-state index in [-0.39, 0.29) is 23.4 Å². The van der Waals surface area contributed by atoms with Crippen LogP contribution in [0.25, 0.3) is 43.6 Å². The molecular weight excluding hydrogens is 524 g/mol. The second-order valence-corrected chi connectivity index (χ2v) is 10.3. The predicted octanol–water partition coefficient (Wildman–Crippen LogP) is 6.48. The predicted molar refractivity (Wildman–Crippen MR) is 133 cm³/mol. The first kappa shape index (κ1) is 24.4. The Morgan fingerprint density at radius 2 is 1.95 bits per heavy atom. The number of ether oxygens (including phenoxy) is 2. The van der Waals surface area contributed by atoms with E-state index >= 15 is 4.39 Å². The average Bonchev–Trinajstić information content (AvgIpc) is 3.58. The number of halogens is 4. The van der Waals surface area contributed by atoms with Gasteiger partial charge in [-0.1, -0.05) is 0 Å². The number of carbonyl (C=O) groups excluding carboxylic acids is 1. The van der Waals surface area contributed by atoms with E-state index in [1.165, 1.54) is 6.20 Å². The van der Waals surface area contributed by atoms with Crippen LogP contribution in [0.15, 0.2) is 42.9 Å². The van der Waals surface area contributed by atoms with Gasteiger partial charge in [-0.2, -0.15) is 13.2 Å². The molecule has 1 aliphatic carbocycles. The summed E-state index contributed by atoms with van der Waals surface area (Å²) in [7, 11) is 3.51. The molecule has 1 saturated carbocycles. The maximum atomic E-state index is 15.2. The number of H-pyrrole nitrogens is 1. The van der Waals surface area contributed by atoms with Crippen molar-refractivity contribution in [2.75, 3.05) is 7.11 Å². The molecule has 7 nitrogen and oxygen atoms in total. The van der Waals surface area contributed by atoms with Crippen LogP contribution in [0.2, 0.25) is 0 Å². The molecule has 0 bridgehead atoms. The van der Waals surface area contributed by atoms with E-state index in [2.05, 4.69) is 15.0 Å². The molecule has 1 aromatic carbocycles. The van der Waals surface area contributed by atoms with Crippen LogP contribution in [0.1, 0.15) is 24.3 Å². The number of hydrogen-bond acceptors (Lipinski definition) is 6. The van der Waals surface area contributed by atoms with E-state index < -0.39 is 23.6 Å². The molecule has 4 heterocycles. The molecule has 0 atom stereocenters. The van der Waals surface area contributed by atoms with Crippen LogP contribution < -0.4 is 4.74 Å². The maximum absolute atomic E-state index is 15.2. The Morgan fingerprint density at radius 1 is 1.16 bits per heavy atom. The summed E-state index contributed by atoms with van der Waals surface area (Å²) in [6.07, 6.45) is 0.347. The molecule has 0 amide bonds.